The quantitative estimate of drug-likeness (QED) is 0.655. The summed E-state index contributed by atoms with van der Waals surface area (Å²) in [6.07, 6.45) is 0.762. The molecule has 0 aliphatic heterocycles. The average molecular weight is 392 g/mol. The van der Waals surface area contributed by atoms with Crippen molar-refractivity contribution in [2.75, 3.05) is 18.5 Å². The summed E-state index contributed by atoms with van der Waals surface area (Å²) in [5, 5.41) is 7.47. The summed E-state index contributed by atoms with van der Waals surface area (Å²) in [5.74, 6) is -0.655. The number of hydrogen-bond acceptors (Lipinski definition) is 6. The second-order valence-corrected chi connectivity index (χ2v) is 7.09. The Kier molecular flexibility index (Phi) is 6.91. The van der Waals surface area contributed by atoms with Crippen LogP contribution in [-0.4, -0.2) is 33.5 Å². The molecule has 0 radical (unpaired) electrons. The zero-order chi connectivity index (χ0) is 19.9. The van der Waals surface area contributed by atoms with Gasteiger partial charge in [-0.15, -0.1) is 0 Å². The number of rotatable bonds is 8. The van der Waals surface area contributed by atoms with Crippen molar-refractivity contribution in [3.8, 4) is 5.75 Å². The summed E-state index contributed by atoms with van der Waals surface area (Å²) in [5.41, 5.74) is 1.31. The molecular weight excluding hydrogens is 372 g/mol. The summed E-state index contributed by atoms with van der Waals surface area (Å²) >= 11 is 0. The summed E-state index contributed by atoms with van der Waals surface area (Å²) in [4.78, 5) is 23.4. The normalized spacial score (nSPS) is 10.9. The van der Waals surface area contributed by atoms with Crippen LogP contribution < -0.4 is 15.2 Å². The minimum Gasteiger partial charge on any atom is -0.482 e. The number of carbonyl (C=O) groups excluding carboxylic acids is 2. The number of nitrogens with one attached hydrogen (secondary N) is 1. The molecule has 0 atom stereocenters. The summed E-state index contributed by atoms with van der Waals surface area (Å²) in [7, 11) is -3.80. The lowest BCUT2D eigenvalue weighted by Crippen LogP contribution is -2.23. The number of benzene rings is 2. The van der Waals surface area contributed by atoms with Crippen molar-refractivity contribution in [3.05, 3.63) is 54.1 Å². The van der Waals surface area contributed by atoms with Crippen molar-refractivity contribution in [2.45, 2.75) is 18.2 Å². The maximum Gasteiger partial charge on any atom is 0.344 e. The Morgan fingerprint density at radius 2 is 1.70 bits per heavy atom. The Morgan fingerprint density at radius 3 is 2.33 bits per heavy atom. The molecule has 144 valence electrons. The third-order valence-electron chi connectivity index (χ3n) is 3.53. The van der Waals surface area contributed by atoms with E-state index >= 15 is 0 Å². The van der Waals surface area contributed by atoms with Crippen LogP contribution in [0.2, 0.25) is 0 Å². The van der Waals surface area contributed by atoms with Gasteiger partial charge >= 0.3 is 5.97 Å². The molecule has 8 nitrogen and oxygen atoms in total. The molecule has 27 heavy (non-hydrogen) atoms. The molecule has 0 heterocycles. The Labute approximate surface area is 157 Å². The molecule has 0 saturated heterocycles. The van der Waals surface area contributed by atoms with Crippen molar-refractivity contribution in [2.24, 2.45) is 5.14 Å². The molecule has 0 saturated carbocycles. The number of nitrogens with two attached hydrogens (primary N) is 1. The van der Waals surface area contributed by atoms with E-state index in [2.05, 4.69) is 5.32 Å². The number of ether oxygens (including phenoxy) is 2. The van der Waals surface area contributed by atoms with E-state index in [0.29, 0.717) is 11.4 Å². The number of amides is 1. The summed E-state index contributed by atoms with van der Waals surface area (Å²) < 4.78 is 32.6. The summed E-state index contributed by atoms with van der Waals surface area (Å²) in [6, 6.07) is 12.6. The fraction of sp³-hybridized carbons (Fsp3) is 0.222. The number of anilines is 1. The lowest BCUT2D eigenvalue weighted by atomic mass is 10.1. The second-order valence-electron chi connectivity index (χ2n) is 5.53. The standard InChI is InChI=1S/C18H20N2O6S/c1-2-13-5-3-4-6-16(13)25-12-18(22)26-11-17(21)20-14-7-9-15(10-8-14)27(19,23)24/h3-10H,2,11-12H2,1H3,(H,20,21)(H2,19,23,24). The summed E-state index contributed by atoms with van der Waals surface area (Å²) in [6.45, 7) is 1.17. The van der Waals surface area contributed by atoms with Crippen molar-refractivity contribution < 1.29 is 27.5 Å². The lowest BCUT2D eigenvalue weighted by molar-refractivity contribution is -0.149. The fourth-order valence-electron chi connectivity index (χ4n) is 2.19. The fourth-order valence-corrected chi connectivity index (χ4v) is 2.70. The van der Waals surface area contributed by atoms with Crippen LogP contribution in [0.15, 0.2) is 53.4 Å². The van der Waals surface area contributed by atoms with Gasteiger partial charge in [-0.05, 0) is 42.3 Å². The van der Waals surface area contributed by atoms with E-state index in [4.69, 9.17) is 14.6 Å². The highest BCUT2D eigenvalue weighted by molar-refractivity contribution is 7.89. The van der Waals surface area contributed by atoms with Crippen molar-refractivity contribution in [1.29, 1.82) is 0 Å². The zero-order valence-corrected chi connectivity index (χ0v) is 15.5. The maximum atomic E-state index is 11.8. The van der Waals surface area contributed by atoms with Crippen LogP contribution in [0, 0.1) is 0 Å². The molecule has 0 aliphatic rings. The van der Waals surface area contributed by atoms with E-state index in [1.165, 1.54) is 24.3 Å². The topological polar surface area (TPSA) is 125 Å². The van der Waals surface area contributed by atoms with E-state index in [9.17, 15) is 18.0 Å². The maximum absolute atomic E-state index is 11.8. The molecule has 2 aromatic rings. The van der Waals surface area contributed by atoms with Crippen LogP contribution in [-0.2, 0) is 30.8 Å². The van der Waals surface area contributed by atoms with Gasteiger partial charge in [0.2, 0.25) is 10.0 Å². The molecule has 9 heteroatoms. The van der Waals surface area contributed by atoms with Gasteiger partial charge in [-0.3, -0.25) is 4.79 Å². The van der Waals surface area contributed by atoms with E-state index in [1.54, 1.807) is 12.1 Å². The zero-order valence-electron chi connectivity index (χ0n) is 14.7. The van der Waals surface area contributed by atoms with Crippen LogP contribution in [0.4, 0.5) is 5.69 Å². The number of aryl methyl sites for hydroxylation is 1. The molecule has 2 rings (SSSR count). The van der Waals surface area contributed by atoms with Gasteiger partial charge in [-0.25, -0.2) is 18.4 Å². The van der Waals surface area contributed by atoms with Gasteiger partial charge in [0.25, 0.3) is 5.91 Å². The smallest absolute Gasteiger partial charge is 0.344 e. The Hall–Kier alpha value is -2.91. The number of esters is 1. The van der Waals surface area contributed by atoms with E-state index in [1.807, 2.05) is 19.1 Å². The first-order valence-corrected chi connectivity index (χ1v) is 9.63. The number of hydrogen-bond donors (Lipinski definition) is 2. The molecule has 0 unspecified atom stereocenters. The Balaban J connectivity index is 1.78. The van der Waals surface area contributed by atoms with E-state index in [-0.39, 0.29) is 11.5 Å². The number of para-hydroxylation sites is 1. The lowest BCUT2D eigenvalue weighted by Gasteiger charge is -2.10. The Bertz CT molecular complexity index is 910. The first kappa shape index (κ1) is 20.4. The molecule has 0 bridgehead atoms. The van der Waals surface area contributed by atoms with Crippen LogP contribution in [0.5, 0.6) is 5.75 Å². The minimum atomic E-state index is -3.80. The monoisotopic (exact) mass is 392 g/mol. The number of primary sulfonamides is 1. The van der Waals surface area contributed by atoms with Crippen molar-refractivity contribution in [1.82, 2.24) is 0 Å². The second kappa shape index (κ2) is 9.15. The van der Waals surface area contributed by atoms with Crippen LogP contribution in [0.3, 0.4) is 0 Å². The predicted molar refractivity (Wildman–Crippen MR) is 98.7 cm³/mol. The molecule has 0 aliphatic carbocycles. The van der Waals surface area contributed by atoms with Gasteiger partial charge in [-0.2, -0.15) is 0 Å². The highest BCUT2D eigenvalue weighted by Gasteiger charge is 2.11. The molecule has 3 N–H and O–H groups in total. The van der Waals surface area contributed by atoms with Crippen molar-refractivity contribution in [3.63, 3.8) is 0 Å². The van der Waals surface area contributed by atoms with Gasteiger partial charge < -0.3 is 14.8 Å². The van der Waals surface area contributed by atoms with Gasteiger partial charge in [0, 0.05) is 5.69 Å². The largest absolute Gasteiger partial charge is 0.482 e. The van der Waals surface area contributed by atoms with Gasteiger partial charge in [0.05, 0.1) is 4.90 Å². The minimum absolute atomic E-state index is 0.0727. The van der Waals surface area contributed by atoms with Gasteiger partial charge in [-0.1, -0.05) is 25.1 Å². The van der Waals surface area contributed by atoms with Gasteiger partial charge in [0.15, 0.2) is 13.2 Å². The molecular formula is C18H20N2O6S. The predicted octanol–water partition coefficient (Wildman–Crippen LogP) is 1.46. The number of carbonyl (C=O) groups is 2. The SMILES string of the molecule is CCc1ccccc1OCC(=O)OCC(=O)Nc1ccc(S(N)(=O)=O)cc1. The van der Waals surface area contributed by atoms with E-state index < -0.39 is 28.5 Å². The third kappa shape index (κ3) is 6.39. The van der Waals surface area contributed by atoms with Crippen LogP contribution in [0.25, 0.3) is 0 Å². The third-order valence-corrected chi connectivity index (χ3v) is 4.46. The average Bonchev–Trinajstić information content (AvgIpc) is 2.64. The van der Waals surface area contributed by atoms with E-state index in [0.717, 1.165) is 12.0 Å². The highest BCUT2D eigenvalue weighted by atomic mass is 32.2. The van der Waals surface area contributed by atoms with Crippen molar-refractivity contribution >= 4 is 27.6 Å². The van der Waals surface area contributed by atoms with Crippen LogP contribution in [0.1, 0.15) is 12.5 Å². The highest BCUT2D eigenvalue weighted by Crippen LogP contribution is 2.18. The molecule has 0 aromatic heterocycles. The Morgan fingerprint density at radius 1 is 1.04 bits per heavy atom. The van der Waals surface area contributed by atoms with Crippen LogP contribution >= 0.6 is 0 Å². The first-order valence-electron chi connectivity index (χ1n) is 8.08. The molecule has 2 aromatic carbocycles. The first-order chi connectivity index (χ1) is 12.8. The molecule has 0 fully saturated rings. The number of sulfonamides is 1. The molecule has 1 amide bonds. The van der Waals surface area contributed by atoms with Gasteiger partial charge in [0.1, 0.15) is 5.75 Å². The molecule has 0 spiro atoms.